The van der Waals surface area contributed by atoms with Gasteiger partial charge in [0.25, 0.3) is 0 Å². The number of aromatic nitrogens is 2. The van der Waals surface area contributed by atoms with E-state index in [1.165, 1.54) is 0 Å². The number of nitrogens with two attached hydrogens (primary N) is 1. The van der Waals surface area contributed by atoms with Gasteiger partial charge in [-0.05, 0) is 47.0 Å². The average molecular weight is 352 g/mol. The van der Waals surface area contributed by atoms with Gasteiger partial charge in [0.15, 0.2) is 0 Å². The molecule has 2 rings (SSSR count). The quantitative estimate of drug-likeness (QED) is 0.866. The summed E-state index contributed by atoms with van der Waals surface area (Å²) in [7, 11) is 1.66. The Kier molecular flexibility index (Phi) is 5.42. The molecule has 2 aromatic rings. The second-order valence-electron chi connectivity index (χ2n) is 4.96. The van der Waals surface area contributed by atoms with Crippen molar-refractivity contribution < 1.29 is 4.74 Å². The maximum absolute atomic E-state index is 6.36. The van der Waals surface area contributed by atoms with Crippen LogP contribution < -0.4 is 10.5 Å². The van der Waals surface area contributed by atoms with Crippen molar-refractivity contribution in [2.24, 2.45) is 5.73 Å². The molecule has 0 aliphatic heterocycles. The van der Waals surface area contributed by atoms with Crippen molar-refractivity contribution in [3.63, 3.8) is 0 Å². The minimum absolute atomic E-state index is 0.0566. The monoisotopic (exact) mass is 351 g/mol. The molecule has 0 aliphatic carbocycles. The Morgan fingerprint density at radius 3 is 2.48 bits per heavy atom. The van der Waals surface area contributed by atoms with Gasteiger partial charge in [-0.3, -0.25) is 4.68 Å². The van der Waals surface area contributed by atoms with Gasteiger partial charge in [0, 0.05) is 19.0 Å². The molecule has 0 spiro atoms. The molecule has 5 heteroatoms. The molecule has 1 aromatic carbocycles. The van der Waals surface area contributed by atoms with E-state index in [9.17, 15) is 0 Å². The molecular formula is C16H22BrN3O. The van der Waals surface area contributed by atoms with Crippen LogP contribution in [-0.4, -0.2) is 16.9 Å². The van der Waals surface area contributed by atoms with Crippen molar-refractivity contribution >= 4 is 15.9 Å². The van der Waals surface area contributed by atoms with E-state index < -0.39 is 0 Å². The topological polar surface area (TPSA) is 53.1 Å². The van der Waals surface area contributed by atoms with Crippen molar-refractivity contribution in [3.8, 4) is 5.75 Å². The third-order valence-corrected chi connectivity index (χ3v) is 4.57. The van der Waals surface area contributed by atoms with Crippen LogP contribution in [0, 0.1) is 0 Å². The van der Waals surface area contributed by atoms with E-state index in [1.807, 2.05) is 28.9 Å². The fourth-order valence-electron chi connectivity index (χ4n) is 2.39. The fraction of sp³-hybridized carbons (Fsp3) is 0.438. The first kappa shape index (κ1) is 16.0. The summed E-state index contributed by atoms with van der Waals surface area (Å²) in [6.45, 7) is 5.06. The van der Waals surface area contributed by atoms with E-state index in [2.05, 4.69) is 34.9 Å². The third kappa shape index (κ3) is 3.47. The zero-order chi connectivity index (χ0) is 15.4. The van der Waals surface area contributed by atoms with Crippen molar-refractivity contribution in [1.29, 1.82) is 0 Å². The van der Waals surface area contributed by atoms with Crippen LogP contribution >= 0.6 is 15.9 Å². The maximum atomic E-state index is 6.36. The maximum Gasteiger partial charge on any atom is 0.118 e. The predicted octanol–water partition coefficient (Wildman–Crippen LogP) is 3.48. The lowest BCUT2D eigenvalue weighted by Crippen LogP contribution is -2.16. The summed E-state index contributed by atoms with van der Waals surface area (Å²) in [6, 6.07) is 7.87. The smallest absolute Gasteiger partial charge is 0.118 e. The van der Waals surface area contributed by atoms with E-state index in [-0.39, 0.29) is 6.04 Å². The first-order valence-electron chi connectivity index (χ1n) is 7.24. The largest absolute Gasteiger partial charge is 0.497 e. The molecule has 0 radical (unpaired) electrons. The number of nitrogens with zero attached hydrogens (tertiary/aromatic N) is 2. The van der Waals surface area contributed by atoms with Gasteiger partial charge in [0.05, 0.1) is 23.0 Å². The van der Waals surface area contributed by atoms with E-state index in [1.54, 1.807) is 7.11 Å². The van der Waals surface area contributed by atoms with Gasteiger partial charge in [0.1, 0.15) is 5.75 Å². The molecule has 2 N–H and O–H groups in total. The highest BCUT2D eigenvalue weighted by molar-refractivity contribution is 9.10. The Morgan fingerprint density at radius 2 is 1.95 bits per heavy atom. The van der Waals surface area contributed by atoms with Crippen LogP contribution in [0.2, 0.25) is 0 Å². The number of hydrogen-bond donors (Lipinski definition) is 1. The number of hydrogen-bond acceptors (Lipinski definition) is 3. The van der Waals surface area contributed by atoms with Crippen LogP contribution in [0.1, 0.15) is 36.8 Å². The molecule has 21 heavy (non-hydrogen) atoms. The summed E-state index contributed by atoms with van der Waals surface area (Å²) in [4.78, 5) is 0. The van der Waals surface area contributed by atoms with Gasteiger partial charge in [-0.25, -0.2) is 0 Å². The van der Waals surface area contributed by atoms with Gasteiger partial charge < -0.3 is 10.5 Å². The number of aryl methyl sites for hydroxylation is 2. The van der Waals surface area contributed by atoms with Crippen LogP contribution in [0.4, 0.5) is 0 Å². The molecule has 1 unspecified atom stereocenters. The van der Waals surface area contributed by atoms with Gasteiger partial charge in [-0.15, -0.1) is 0 Å². The first-order chi connectivity index (χ1) is 10.1. The average Bonchev–Trinajstić information content (AvgIpc) is 2.83. The van der Waals surface area contributed by atoms with Crippen LogP contribution in [0.25, 0.3) is 0 Å². The molecule has 0 saturated heterocycles. The Balaban J connectivity index is 2.22. The lowest BCUT2D eigenvalue weighted by molar-refractivity contribution is 0.414. The second-order valence-corrected chi connectivity index (χ2v) is 5.75. The van der Waals surface area contributed by atoms with E-state index in [0.29, 0.717) is 0 Å². The highest BCUT2D eigenvalue weighted by Crippen LogP contribution is 2.27. The zero-order valence-corrected chi connectivity index (χ0v) is 14.4. The van der Waals surface area contributed by atoms with E-state index in [4.69, 9.17) is 10.5 Å². The third-order valence-electron chi connectivity index (χ3n) is 3.65. The minimum atomic E-state index is -0.0566. The van der Waals surface area contributed by atoms with Gasteiger partial charge in [-0.1, -0.05) is 19.1 Å². The molecular weight excluding hydrogens is 330 g/mol. The Labute approximate surface area is 134 Å². The summed E-state index contributed by atoms with van der Waals surface area (Å²) in [5, 5.41) is 4.62. The molecule has 1 heterocycles. The van der Waals surface area contributed by atoms with Crippen molar-refractivity contribution in [3.05, 3.63) is 45.7 Å². The summed E-state index contributed by atoms with van der Waals surface area (Å²) in [6.07, 6.45) is 1.67. The summed E-state index contributed by atoms with van der Waals surface area (Å²) in [5.41, 5.74) is 9.72. The minimum Gasteiger partial charge on any atom is -0.497 e. The van der Waals surface area contributed by atoms with E-state index >= 15 is 0 Å². The van der Waals surface area contributed by atoms with Crippen LogP contribution in [0.5, 0.6) is 5.75 Å². The molecule has 0 fully saturated rings. The summed E-state index contributed by atoms with van der Waals surface area (Å²) in [5.74, 6) is 0.846. The normalized spacial score (nSPS) is 12.4. The Bertz CT molecular complexity index is 592. The number of rotatable bonds is 6. The molecule has 0 bridgehead atoms. The molecule has 0 saturated carbocycles. The van der Waals surface area contributed by atoms with Crippen LogP contribution in [0.15, 0.2) is 28.7 Å². The SMILES string of the molecule is CCc1nn(CC)c(CC(N)c2ccc(OC)cc2)c1Br. The van der Waals surface area contributed by atoms with Crippen molar-refractivity contribution in [2.45, 2.75) is 39.3 Å². The van der Waals surface area contributed by atoms with Crippen LogP contribution in [-0.2, 0) is 19.4 Å². The lowest BCUT2D eigenvalue weighted by Gasteiger charge is -2.14. The predicted molar refractivity (Wildman–Crippen MR) is 88.6 cm³/mol. The first-order valence-corrected chi connectivity index (χ1v) is 8.03. The highest BCUT2D eigenvalue weighted by atomic mass is 79.9. The number of methoxy groups -OCH3 is 1. The van der Waals surface area contributed by atoms with Crippen LogP contribution in [0.3, 0.4) is 0 Å². The summed E-state index contributed by atoms with van der Waals surface area (Å²) < 4.78 is 8.31. The van der Waals surface area contributed by atoms with Gasteiger partial charge >= 0.3 is 0 Å². The molecule has 0 aliphatic rings. The molecule has 114 valence electrons. The Hall–Kier alpha value is -1.33. The van der Waals surface area contributed by atoms with Gasteiger partial charge in [0.2, 0.25) is 0 Å². The Morgan fingerprint density at radius 1 is 1.29 bits per heavy atom. The highest BCUT2D eigenvalue weighted by Gasteiger charge is 2.17. The molecule has 4 nitrogen and oxygen atoms in total. The molecule has 1 atom stereocenters. The zero-order valence-electron chi connectivity index (χ0n) is 12.8. The molecule has 0 amide bonds. The van der Waals surface area contributed by atoms with Crippen molar-refractivity contribution in [1.82, 2.24) is 9.78 Å². The van der Waals surface area contributed by atoms with E-state index in [0.717, 1.165) is 46.6 Å². The lowest BCUT2D eigenvalue weighted by atomic mass is 10.0. The number of benzene rings is 1. The number of ether oxygens (including phenoxy) is 1. The van der Waals surface area contributed by atoms with Crippen molar-refractivity contribution in [2.75, 3.05) is 7.11 Å². The second kappa shape index (κ2) is 7.09. The fourth-order valence-corrected chi connectivity index (χ4v) is 3.12. The van der Waals surface area contributed by atoms with Gasteiger partial charge in [-0.2, -0.15) is 5.10 Å². The number of halogens is 1. The summed E-state index contributed by atoms with van der Waals surface area (Å²) >= 11 is 3.67. The standard InChI is InChI=1S/C16H22BrN3O/c1-4-14-16(17)15(20(5-2)19-14)10-13(18)11-6-8-12(21-3)9-7-11/h6-9,13H,4-5,10,18H2,1-3H3. The molecule has 1 aromatic heterocycles.